The van der Waals surface area contributed by atoms with Crippen LogP contribution in [0.15, 0.2) is 30.6 Å². The minimum atomic E-state index is 0.543. The smallest absolute Gasteiger partial charge is 0.226 e. The molecule has 2 heterocycles. The highest BCUT2D eigenvalue weighted by Crippen LogP contribution is 2.23. The predicted molar refractivity (Wildman–Crippen MR) is 88.5 cm³/mol. The van der Waals surface area contributed by atoms with Crippen LogP contribution in [0, 0.1) is 13.8 Å². The molecule has 0 fully saturated rings. The monoisotopic (exact) mass is 294 g/mol. The molecule has 3 aromatic rings. The highest BCUT2D eigenvalue weighted by atomic mass is 15.2. The second-order valence-electron chi connectivity index (χ2n) is 5.08. The molecular weight excluding hydrogens is 276 g/mol. The topological polar surface area (TPSA) is 75.6 Å². The van der Waals surface area contributed by atoms with Gasteiger partial charge < -0.3 is 10.6 Å². The van der Waals surface area contributed by atoms with Crippen molar-refractivity contribution in [3.05, 3.63) is 41.7 Å². The number of nitrogens with zero attached hydrogens (tertiary/aromatic N) is 4. The van der Waals surface area contributed by atoms with E-state index < -0.39 is 0 Å². The van der Waals surface area contributed by atoms with Crippen molar-refractivity contribution < 1.29 is 0 Å². The Balaban J connectivity index is 2.06. The van der Waals surface area contributed by atoms with Gasteiger partial charge in [0.15, 0.2) is 17.0 Å². The molecule has 0 aliphatic rings. The quantitative estimate of drug-likeness (QED) is 0.769. The molecule has 2 N–H and O–H groups in total. The standard InChI is InChI=1S/C16H18N6/c1-4-17-16-21-14-13(18-7-8-19-14)15(22-16)20-12-6-5-10(2)11(3)9-12/h5-9H,4H2,1-3H3,(H2,17,19,20,21,22). The summed E-state index contributed by atoms with van der Waals surface area (Å²) in [6, 6.07) is 6.20. The van der Waals surface area contributed by atoms with E-state index in [-0.39, 0.29) is 0 Å². The Labute approximate surface area is 129 Å². The maximum atomic E-state index is 4.50. The first kappa shape index (κ1) is 14.2. The van der Waals surface area contributed by atoms with Crippen LogP contribution in [0.2, 0.25) is 0 Å². The van der Waals surface area contributed by atoms with Crippen molar-refractivity contribution in [1.82, 2.24) is 19.9 Å². The van der Waals surface area contributed by atoms with E-state index in [2.05, 4.69) is 56.5 Å². The molecule has 0 unspecified atom stereocenters. The molecule has 0 aliphatic carbocycles. The van der Waals surface area contributed by atoms with Crippen molar-refractivity contribution in [2.24, 2.45) is 0 Å². The van der Waals surface area contributed by atoms with Gasteiger partial charge in [0.05, 0.1) is 0 Å². The molecule has 22 heavy (non-hydrogen) atoms. The molecule has 0 spiro atoms. The fourth-order valence-corrected chi connectivity index (χ4v) is 2.14. The molecule has 0 amide bonds. The lowest BCUT2D eigenvalue weighted by atomic mass is 10.1. The second-order valence-corrected chi connectivity index (χ2v) is 5.08. The maximum Gasteiger partial charge on any atom is 0.226 e. The van der Waals surface area contributed by atoms with Crippen molar-refractivity contribution >= 4 is 28.6 Å². The zero-order valence-electron chi connectivity index (χ0n) is 12.9. The fraction of sp³-hybridized carbons (Fsp3) is 0.250. The fourth-order valence-electron chi connectivity index (χ4n) is 2.14. The molecule has 0 atom stereocenters. The van der Waals surface area contributed by atoms with Crippen LogP contribution in [0.4, 0.5) is 17.5 Å². The van der Waals surface area contributed by atoms with Gasteiger partial charge in [0.2, 0.25) is 5.95 Å². The van der Waals surface area contributed by atoms with E-state index in [0.717, 1.165) is 12.2 Å². The second kappa shape index (κ2) is 5.93. The summed E-state index contributed by atoms with van der Waals surface area (Å²) in [4.78, 5) is 17.5. The minimum Gasteiger partial charge on any atom is -0.354 e. The first-order chi connectivity index (χ1) is 10.7. The molecule has 1 aromatic carbocycles. The molecule has 0 saturated carbocycles. The molecule has 6 nitrogen and oxygen atoms in total. The van der Waals surface area contributed by atoms with Crippen molar-refractivity contribution in [3.63, 3.8) is 0 Å². The number of aryl methyl sites for hydroxylation is 2. The normalized spacial score (nSPS) is 10.7. The van der Waals surface area contributed by atoms with Crippen LogP contribution in [0.3, 0.4) is 0 Å². The average Bonchev–Trinajstić information content (AvgIpc) is 2.51. The van der Waals surface area contributed by atoms with E-state index in [1.54, 1.807) is 12.4 Å². The van der Waals surface area contributed by atoms with Crippen molar-refractivity contribution in [2.45, 2.75) is 20.8 Å². The molecule has 0 radical (unpaired) electrons. The highest BCUT2D eigenvalue weighted by Gasteiger charge is 2.10. The van der Waals surface area contributed by atoms with Crippen molar-refractivity contribution in [2.75, 3.05) is 17.2 Å². The molecule has 6 heteroatoms. The number of anilines is 3. The van der Waals surface area contributed by atoms with Crippen LogP contribution in [0.5, 0.6) is 0 Å². The zero-order chi connectivity index (χ0) is 15.5. The van der Waals surface area contributed by atoms with Crippen LogP contribution < -0.4 is 10.6 Å². The summed E-state index contributed by atoms with van der Waals surface area (Å²) < 4.78 is 0. The van der Waals surface area contributed by atoms with E-state index in [0.29, 0.717) is 22.9 Å². The van der Waals surface area contributed by atoms with Crippen molar-refractivity contribution in [1.29, 1.82) is 0 Å². The number of benzene rings is 1. The number of rotatable bonds is 4. The van der Waals surface area contributed by atoms with Gasteiger partial charge in [-0.3, -0.25) is 0 Å². The maximum absolute atomic E-state index is 4.50. The summed E-state index contributed by atoms with van der Waals surface area (Å²) in [7, 11) is 0. The van der Waals surface area contributed by atoms with Gasteiger partial charge in [-0.1, -0.05) is 6.07 Å². The van der Waals surface area contributed by atoms with E-state index in [1.807, 2.05) is 13.0 Å². The van der Waals surface area contributed by atoms with Crippen LogP contribution in [0.1, 0.15) is 18.1 Å². The Morgan fingerprint density at radius 2 is 1.82 bits per heavy atom. The summed E-state index contributed by atoms with van der Waals surface area (Å²) in [5.41, 5.74) is 4.67. The van der Waals surface area contributed by atoms with Crippen LogP contribution in [0.25, 0.3) is 11.2 Å². The van der Waals surface area contributed by atoms with Crippen LogP contribution in [-0.2, 0) is 0 Å². The van der Waals surface area contributed by atoms with E-state index in [1.165, 1.54) is 11.1 Å². The van der Waals surface area contributed by atoms with Gasteiger partial charge in [-0.15, -0.1) is 0 Å². The molecule has 3 rings (SSSR count). The van der Waals surface area contributed by atoms with Gasteiger partial charge in [-0.05, 0) is 44.0 Å². The lowest BCUT2D eigenvalue weighted by Crippen LogP contribution is -2.06. The third-order valence-electron chi connectivity index (χ3n) is 3.44. The Morgan fingerprint density at radius 1 is 1.00 bits per heavy atom. The lowest BCUT2D eigenvalue weighted by molar-refractivity contribution is 1.09. The molecular formula is C16H18N6. The molecule has 2 aromatic heterocycles. The van der Waals surface area contributed by atoms with Gasteiger partial charge >= 0.3 is 0 Å². The van der Waals surface area contributed by atoms with Crippen LogP contribution >= 0.6 is 0 Å². The third-order valence-corrected chi connectivity index (χ3v) is 3.44. The van der Waals surface area contributed by atoms with Gasteiger partial charge in [0, 0.05) is 24.6 Å². The summed E-state index contributed by atoms with van der Waals surface area (Å²) in [6.45, 7) is 6.92. The van der Waals surface area contributed by atoms with Gasteiger partial charge in [0.1, 0.15) is 0 Å². The summed E-state index contributed by atoms with van der Waals surface area (Å²) in [6.07, 6.45) is 3.27. The number of aromatic nitrogens is 4. The molecule has 0 saturated heterocycles. The largest absolute Gasteiger partial charge is 0.354 e. The zero-order valence-corrected chi connectivity index (χ0v) is 12.9. The molecule has 0 bridgehead atoms. The van der Waals surface area contributed by atoms with E-state index in [9.17, 15) is 0 Å². The Kier molecular flexibility index (Phi) is 3.82. The van der Waals surface area contributed by atoms with E-state index in [4.69, 9.17) is 0 Å². The minimum absolute atomic E-state index is 0.543. The molecule has 112 valence electrons. The Morgan fingerprint density at radius 3 is 2.59 bits per heavy atom. The first-order valence-corrected chi connectivity index (χ1v) is 7.24. The number of hydrogen-bond donors (Lipinski definition) is 2. The first-order valence-electron chi connectivity index (χ1n) is 7.24. The lowest BCUT2D eigenvalue weighted by Gasteiger charge is -2.11. The SMILES string of the molecule is CCNc1nc(Nc2ccc(C)c(C)c2)c2nccnc2n1. The summed E-state index contributed by atoms with van der Waals surface area (Å²) in [5, 5.41) is 6.44. The number of fused-ring (bicyclic) bond motifs is 1. The Hall–Kier alpha value is -2.76. The summed E-state index contributed by atoms with van der Waals surface area (Å²) >= 11 is 0. The van der Waals surface area contributed by atoms with E-state index >= 15 is 0 Å². The highest BCUT2D eigenvalue weighted by molar-refractivity contribution is 5.85. The molecule has 0 aliphatic heterocycles. The van der Waals surface area contributed by atoms with Crippen molar-refractivity contribution in [3.8, 4) is 0 Å². The van der Waals surface area contributed by atoms with Crippen LogP contribution in [-0.4, -0.2) is 26.5 Å². The summed E-state index contributed by atoms with van der Waals surface area (Å²) in [5.74, 6) is 1.19. The van der Waals surface area contributed by atoms with Gasteiger partial charge in [0.25, 0.3) is 0 Å². The number of nitrogens with one attached hydrogen (secondary N) is 2. The predicted octanol–water partition coefficient (Wildman–Crippen LogP) is 3.21. The third kappa shape index (κ3) is 2.81. The van der Waals surface area contributed by atoms with Gasteiger partial charge in [-0.2, -0.15) is 9.97 Å². The number of hydrogen-bond acceptors (Lipinski definition) is 6. The van der Waals surface area contributed by atoms with Gasteiger partial charge in [-0.25, -0.2) is 9.97 Å². The Bertz CT molecular complexity index is 815. The average molecular weight is 294 g/mol.